The quantitative estimate of drug-likeness (QED) is 0.292. The second kappa shape index (κ2) is 12.7. The standard InChI is InChI=1S/C30H43N6O4PS/c1-22(2)42(38,39)29-8-6-5-7-27(29)32-23-19-30(34-31-21-23)33-26-10-9-25(20-28(26)40-3)35-13-11-24(12-14-35)36-15-17-41(4,37)18-16-36/h5-10,19-22,24,37,41H,11-18H2,1-4H3,(H2,32,33,34). The minimum Gasteiger partial charge on any atom is -0.353 e. The molecule has 0 saturated carbocycles. The van der Waals surface area contributed by atoms with Gasteiger partial charge in [0.25, 0.3) is 0 Å². The van der Waals surface area contributed by atoms with E-state index in [4.69, 9.17) is 4.74 Å². The molecule has 2 aromatic carbocycles. The third-order valence-electron chi connectivity index (χ3n) is 8.42. The van der Waals surface area contributed by atoms with Gasteiger partial charge in [-0.3, -0.25) is 0 Å². The molecule has 0 atom stereocenters. The van der Waals surface area contributed by atoms with Gasteiger partial charge in [-0.05, 0) is 26.0 Å². The molecule has 5 rings (SSSR count). The molecule has 2 fully saturated rings. The number of rotatable bonds is 9. The van der Waals surface area contributed by atoms with Crippen LogP contribution in [0.25, 0.3) is 0 Å². The van der Waals surface area contributed by atoms with E-state index in [9.17, 15) is 13.3 Å². The number of piperidine rings is 1. The number of ether oxygens (including phenoxy) is 1. The topological polar surface area (TPSA) is 120 Å². The number of nitrogens with one attached hydrogen (secondary N) is 2. The summed E-state index contributed by atoms with van der Waals surface area (Å²) in [7, 11) is -3.76. The number of nitrogens with zero attached hydrogens (tertiary/aromatic N) is 4. The molecule has 0 amide bonds. The van der Waals surface area contributed by atoms with Gasteiger partial charge in [-0.25, -0.2) is 8.42 Å². The van der Waals surface area contributed by atoms with E-state index < -0.39 is 22.6 Å². The van der Waals surface area contributed by atoms with Crippen molar-refractivity contribution in [3.05, 3.63) is 54.7 Å². The molecule has 3 N–H and O–H groups in total. The van der Waals surface area contributed by atoms with Gasteiger partial charge in [-0.2, -0.15) is 5.10 Å². The van der Waals surface area contributed by atoms with Crippen LogP contribution in [-0.4, -0.2) is 92.0 Å². The molecule has 0 radical (unpaired) electrons. The molecule has 2 aliphatic rings. The zero-order valence-electron chi connectivity index (χ0n) is 24.9. The third-order valence-corrected chi connectivity index (χ3v) is 13.2. The molecule has 2 aliphatic heterocycles. The third kappa shape index (κ3) is 6.97. The first-order valence-electron chi connectivity index (χ1n) is 14.6. The molecule has 10 nitrogen and oxygen atoms in total. The molecule has 42 heavy (non-hydrogen) atoms. The van der Waals surface area contributed by atoms with Gasteiger partial charge in [0.15, 0.2) is 15.7 Å². The zero-order valence-corrected chi connectivity index (χ0v) is 26.7. The first-order chi connectivity index (χ1) is 20.1. The van der Waals surface area contributed by atoms with Crippen LogP contribution in [-0.2, 0) is 9.84 Å². The van der Waals surface area contributed by atoms with Crippen molar-refractivity contribution in [2.75, 3.05) is 67.8 Å². The molecule has 2 saturated heterocycles. The molecule has 1 aromatic heterocycles. The van der Waals surface area contributed by atoms with Crippen molar-refractivity contribution in [2.24, 2.45) is 0 Å². The second-order valence-electron chi connectivity index (χ2n) is 11.8. The smallest absolute Gasteiger partial charge is 0.353 e. The van der Waals surface area contributed by atoms with Crippen LogP contribution in [0.15, 0.2) is 59.6 Å². The monoisotopic (exact) mass is 614 g/mol. The van der Waals surface area contributed by atoms with E-state index in [0.717, 1.165) is 62.7 Å². The van der Waals surface area contributed by atoms with Crippen LogP contribution in [0, 0.1) is 0 Å². The first-order valence-corrected chi connectivity index (χ1v) is 19.1. The van der Waals surface area contributed by atoms with Crippen LogP contribution in [0.3, 0.4) is 0 Å². The van der Waals surface area contributed by atoms with Crippen molar-refractivity contribution in [3.63, 3.8) is 0 Å². The summed E-state index contributed by atoms with van der Waals surface area (Å²) in [4.78, 5) is 15.7. The summed E-state index contributed by atoms with van der Waals surface area (Å²) in [6.07, 6.45) is 5.75. The van der Waals surface area contributed by atoms with Crippen LogP contribution in [0.2, 0.25) is 0 Å². The van der Waals surface area contributed by atoms with Gasteiger partial charge in [0.2, 0.25) is 0 Å². The Morgan fingerprint density at radius 2 is 1.71 bits per heavy atom. The summed E-state index contributed by atoms with van der Waals surface area (Å²) in [5.74, 6) is 1.20. The number of para-hydroxylation sites is 1. The van der Waals surface area contributed by atoms with Crippen LogP contribution in [0.1, 0.15) is 26.7 Å². The molecule has 0 bridgehead atoms. The Morgan fingerprint density at radius 1 is 1.00 bits per heavy atom. The average Bonchev–Trinajstić information content (AvgIpc) is 2.98. The van der Waals surface area contributed by atoms with E-state index in [1.165, 1.54) is 0 Å². The molecular formula is C30H43N6O4PS. The van der Waals surface area contributed by atoms with Gasteiger partial charge < -0.3 is 5.32 Å². The van der Waals surface area contributed by atoms with E-state index in [1.807, 2.05) is 6.07 Å². The number of aromatic nitrogens is 2. The summed E-state index contributed by atoms with van der Waals surface area (Å²) in [5.41, 5.74) is 2.98. The van der Waals surface area contributed by atoms with E-state index in [0.29, 0.717) is 29.0 Å². The number of anilines is 5. The Labute approximate surface area is 249 Å². The molecule has 0 aliphatic carbocycles. The van der Waals surface area contributed by atoms with Gasteiger partial charge in [0.1, 0.15) is 0 Å². The van der Waals surface area contributed by atoms with Gasteiger partial charge in [0, 0.05) is 6.07 Å². The van der Waals surface area contributed by atoms with E-state index in [-0.39, 0.29) is 4.90 Å². The number of methoxy groups -OCH3 is 1. The van der Waals surface area contributed by atoms with E-state index in [2.05, 4.69) is 49.4 Å². The van der Waals surface area contributed by atoms with E-state index in [1.54, 1.807) is 57.5 Å². The Kier molecular flexibility index (Phi) is 9.23. The summed E-state index contributed by atoms with van der Waals surface area (Å²) in [5, 5.41) is 14.3. The summed E-state index contributed by atoms with van der Waals surface area (Å²) < 4.78 is 31.5. The fourth-order valence-electron chi connectivity index (χ4n) is 5.70. The predicted molar refractivity (Wildman–Crippen MR) is 173 cm³/mol. The number of sulfone groups is 1. The normalized spacial score (nSPS) is 19.0. The zero-order chi connectivity index (χ0) is 29.9. The van der Waals surface area contributed by atoms with Crippen molar-refractivity contribution in [3.8, 4) is 5.75 Å². The van der Waals surface area contributed by atoms with Crippen LogP contribution < -0.4 is 20.3 Å². The number of benzene rings is 2. The fourth-order valence-corrected chi connectivity index (χ4v) is 8.69. The van der Waals surface area contributed by atoms with Crippen molar-refractivity contribution < 1.29 is 18.0 Å². The molecule has 228 valence electrons. The second-order valence-corrected chi connectivity index (χ2v) is 18.3. The van der Waals surface area contributed by atoms with Crippen molar-refractivity contribution in [1.29, 1.82) is 0 Å². The maximum atomic E-state index is 12.9. The Balaban J connectivity index is 1.25. The van der Waals surface area contributed by atoms with Gasteiger partial charge in [-0.15, -0.1) is 5.10 Å². The molecule has 3 heterocycles. The minimum atomic E-state index is -3.47. The Hall–Kier alpha value is -2.98. The van der Waals surface area contributed by atoms with E-state index >= 15 is 0 Å². The maximum absolute atomic E-state index is 12.9. The summed E-state index contributed by atoms with van der Waals surface area (Å²) >= 11 is 0. The van der Waals surface area contributed by atoms with Gasteiger partial charge >= 0.3 is 139 Å². The molecule has 3 aromatic rings. The summed E-state index contributed by atoms with van der Waals surface area (Å²) in [6, 6.07) is 15.4. The molecule has 12 heteroatoms. The summed E-state index contributed by atoms with van der Waals surface area (Å²) in [6.45, 7) is 9.46. The predicted octanol–water partition coefficient (Wildman–Crippen LogP) is 4.73. The average molecular weight is 615 g/mol. The molecular weight excluding hydrogens is 571 g/mol. The van der Waals surface area contributed by atoms with Crippen molar-refractivity contribution >= 4 is 45.9 Å². The fraction of sp³-hybridized carbons (Fsp3) is 0.467. The van der Waals surface area contributed by atoms with Gasteiger partial charge in [0.05, 0.1) is 27.7 Å². The SMILES string of the molecule is COc1cc(N2CCC(N3CC[PH](C)(O)CC3)CC2)ccc1Nc1cc(Nc2ccccc2S(=O)(=O)C(C)C)cnn1. The number of hydrogen-bond donors (Lipinski definition) is 3. The molecule has 0 unspecified atom stereocenters. The van der Waals surface area contributed by atoms with Crippen LogP contribution in [0.5, 0.6) is 5.75 Å². The van der Waals surface area contributed by atoms with Crippen molar-refractivity contribution in [2.45, 2.75) is 42.9 Å². The van der Waals surface area contributed by atoms with Gasteiger partial charge in [-0.1, -0.05) is 12.1 Å². The van der Waals surface area contributed by atoms with Crippen LogP contribution in [0.4, 0.5) is 28.6 Å². The Bertz CT molecular complexity index is 1480. The molecule has 0 spiro atoms. The van der Waals surface area contributed by atoms with Crippen molar-refractivity contribution in [1.82, 2.24) is 15.1 Å². The first kappa shape index (κ1) is 30.5. The minimum absolute atomic E-state index is 0.248. The van der Waals surface area contributed by atoms with Crippen LogP contribution >= 0.6 is 7.49 Å². The Morgan fingerprint density at radius 3 is 2.40 bits per heavy atom. The number of hydrogen-bond acceptors (Lipinski definition) is 10.